The number of carboxylic acids is 1. The lowest BCUT2D eigenvalue weighted by Gasteiger charge is -2.21. The minimum atomic E-state index is -1.35. The first-order chi connectivity index (χ1) is 9.72. The molecule has 8 heteroatoms. The fourth-order valence-corrected chi connectivity index (χ4v) is 1.49. The van der Waals surface area contributed by atoms with Crippen LogP contribution in [0, 0.1) is 10.1 Å². The molecule has 0 radical (unpaired) electrons. The van der Waals surface area contributed by atoms with Crippen LogP contribution in [0.4, 0.5) is 10.5 Å². The molecule has 3 N–H and O–H groups in total. The van der Waals surface area contributed by atoms with E-state index in [1.54, 1.807) is 12.1 Å². The van der Waals surface area contributed by atoms with Crippen LogP contribution < -0.4 is 10.6 Å². The van der Waals surface area contributed by atoms with Crippen molar-refractivity contribution in [1.29, 1.82) is 0 Å². The summed E-state index contributed by atoms with van der Waals surface area (Å²) in [4.78, 5) is 32.4. The molecule has 0 bridgehead atoms. The number of rotatable bonds is 6. The van der Waals surface area contributed by atoms with Gasteiger partial charge in [-0.2, -0.15) is 0 Å². The van der Waals surface area contributed by atoms with Crippen LogP contribution in [-0.4, -0.2) is 34.1 Å². The summed E-state index contributed by atoms with van der Waals surface area (Å²) in [7, 11) is 0. The Kier molecular flexibility index (Phi) is 5.23. The van der Waals surface area contributed by atoms with Gasteiger partial charge in [0.25, 0.3) is 5.69 Å². The monoisotopic (exact) mass is 295 g/mol. The molecule has 1 rings (SSSR count). The number of amides is 2. The summed E-state index contributed by atoms with van der Waals surface area (Å²) in [6.07, 6.45) is 0.485. The maximum atomic E-state index is 11.5. The maximum Gasteiger partial charge on any atom is 0.328 e. The molecule has 0 saturated carbocycles. The van der Waals surface area contributed by atoms with E-state index in [4.69, 9.17) is 5.11 Å². The third-order valence-electron chi connectivity index (χ3n) is 2.81. The van der Waals surface area contributed by atoms with Gasteiger partial charge in [-0.05, 0) is 25.8 Å². The molecule has 21 heavy (non-hydrogen) atoms. The van der Waals surface area contributed by atoms with Gasteiger partial charge in [0.1, 0.15) is 5.54 Å². The third-order valence-corrected chi connectivity index (χ3v) is 2.81. The molecule has 114 valence electrons. The van der Waals surface area contributed by atoms with Gasteiger partial charge in [-0.3, -0.25) is 10.1 Å². The van der Waals surface area contributed by atoms with Crippen LogP contribution in [0.2, 0.25) is 0 Å². The largest absolute Gasteiger partial charge is 0.480 e. The van der Waals surface area contributed by atoms with E-state index in [0.717, 1.165) is 5.56 Å². The van der Waals surface area contributed by atoms with Crippen LogP contribution in [-0.2, 0) is 11.2 Å². The van der Waals surface area contributed by atoms with Crippen LogP contribution in [0.25, 0.3) is 0 Å². The van der Waals surface area contributed by atoms with Crippen LogP contribution >= 0.6 is 0 Å². The standard InChI is InChI=1S/C13H17N3O5/c1-13(2,11(17)18)15-12(19)14-8-7-9-3-5-10(6-4-9)16(20)21/h3-6H,7-8H2,1-2H3,(H,17,18)(H2,14,15,19). The number of carbonyl (C=O) groups is 2. The molecule has 0 aromatic heterocycles. The summed E-state index contributed by atoms with van der Waals surface area (Å²) < 4.78 is 0. The number of nitro groups is 1. The number of hydrogen-bond donors (Lipinski definition) is 3. The first-order valence-electron chi connectivity index (χ1n) is 6.25. The Bertz CT molecular complexity index is 539. The highest BCUT2D eigenvalue weighted by Gasteiger charge is 2.28. The Labute approximate surface area is 121 Å². The lowest BCUT2D eigenvalue weighted by atomic mass is 10.1. The Balaban J connectivity index is 2.41. The van der Waals surface area contributed by atoms with Gasteiger partial charge in [-0.1, -0.05) is 12.1 Å². The van der Waals surface area contributed by atoms with Crippen molar-refractivity contribution in [3.8, 4) is 0 Å². The molecule has 0 fully saturated rings. The number of aliphatic carboxylic acids is 1. The fraction of sp³-hybridized carbons (Fsp3) is 0.385. The lowest BCUT2D eigenvalue weighted by molar-refractivity contribution is -0.384. The van der Waals surface area contributed by atoms with Gasteiger partial charge in [0.15, 0.2) is 0 Å². The van der Waals surface area contributed by atoms with E-state index in [0.29, 0.717) is 13.0 Å². The highest BCUT2D eigenvalue weighted by molar-refractivity contribution is 5.85. The van der Waals surface area contributed by atoms with Crippen molar-refractivity contribution < 1.29 is 19.6 Å². The highest BCUT2D eigenvalue weighted by atomic mass is 16.6. The molecular formula is C13H17N3O5. The van der Waals surface area contributed by atoms with Crippen molar-refractivity contribution in [1.82, 2.24) is 10.6 Å². The van der Waals surface area contributed by atoms with Gasteiger partial charge in [-0.25, -0.2) is 9.59 Å². The zero-order valence-electron chi connectivity index (χ0n) is 11.8. The number of carboxylic acid groups (broad SMARTS) is 1. The molecule has 0 unspecified atom stereocenters. The number of benzene rings is 1. The molecule has 0 aliphatic rings. The number of carbonyl (C=O) groups excluding carboxylic acids is 1. The molecular weight excluding hydrogens is 278 g/mol. The molecule has 0 aliphatic heterocycles. The van der Waals surface area contributed by atoms with E-state index in [9.17, 15) is 19.7 Å². The van der Waals surface area contributed by atoms with E-state index < -0.39 is 22.5 Å². The Morgan fingerprint density at radius 2 is 1.86 bits per heavy atom. The van der Waals surface area contributed by atoms with E-state index in [1.807, 2.05) is 0 Å². The van der Waals surface area contributed by atoms with Crippen LogP contribution in [0.5, 0.6) is 0 Å². The van der Waals surface area contributed by atoms with Crippen molar-refractivity contribution >= 4 is 17.7 Å². The predicted molar refractivity (Wildman–Crippen MR) is 75.0 cm³/mol. The summed E-state index contributed by atoms with van der Waals surface area (Å²) in [5, 5.41) is 24.2. The fourth-order valence-electron chi connectivity index (χ4n) is 1.49. The molecule has 0 aliphatic carbocycles. The van der Waals surface area contributed by atoms with E-state index in [1.165, 1.54) is 26.0 Å². The Morgan fingerprint density at radius 1 is 1.29 bits per heavy atom. The average Bonchev–Trinajstić information content (AvgIpc) is 2.38. The molecule has 0 heterocycles. The second kappa shape index (κ2) is 6.69. The van der Waals surface area contributed by atoms with E-state index >= 15 is 0 Å². The van der Waals surface area contributed by atoms with Crippen molar-refractivity contribution in [2.24, 2.45) is 0 Å². The van der Waals surface area contributed by atoms with Crippen LogP contribution in [0.15, 0.2) is 24.3 Å². The minimum Gasteiger partial charge on any atom is -0.480 e. The molecule has 0 atom stereocenters. The van der Waals surface area contributed by atoms with Crippen molar-refractivity contribution in [2.75, 3.05) is 6.54 Å². The first-order valence-corrected chi connectivity index (χ1v) is 6.25. The number of nitro benzene ring substituents is 1. The quantitative estimate of drug-likeness (QED) is 0.539. The molecule has 1 aromatic carbocycles. The Morgan fingerprint density at radius 3 is 2.33 bits per heavy atom. The third kappa shape index (κ3) is 5.09. The number of nitrogens with one attached hydrogen (secondary N) is 2. The van der Waals surface area contributed by atoms with Gasteiger partial charge in [0, 0.05) is 18.7 Å². The zero-order chi connectivity index (χ0) is 16.0. The van der Waals surface area contributed by atoms with E-state index in [2.05, 4.69) is 10.6 Å². The first kappa shape index (κ1) is 16.4. The molecule has 0 spiro atoms. The normalized spacial score (nSPS) is 10.8. The summed E-state index contributed by atoms with van der Waals surface area (Å²) >= 11 is 0. The summed E-state index contributed by atoms with van der Waals surface area (Å²) in [5.74, 6) is -1.13. The van der Waals surface area contributed by atoms with E-state index in [-0.39, 0.29) is 5.69 Å². The summed E-state index contributed by atoms with van der Waals surface area (Å²) in [6, 6.07) is 5.42. The van der Waals surface area contributed by atoms with Gasteiger partial charge >= 0.3 is 12.0 Å². The molecule has 0 saturated heterocycles. The maximum absolute atomic E-state index is 11.5. The lowest BCUT2D eigenvalue weighted by Crippen LogP contribution is -2.53. The smallest absolute Gasteiger partial charge is 0.328 e. The van der Waals surface area contributed by atoms with Crippen molar-refractivity contribution in [3.63, 3.8) is 0 Å². The van der Waals surface area contributed by atoms with Gasteiger partial charge < -0.3 is 15.7 Å². The zero-order valence-corrected chi connectivity index (χ0v) is 11.8. The summed E-state index contributed by atoms with van der Waals surface area (Å²) in [5.41, 5.74) is -0.511. The second-order valence-electron chi connectivity index (χ2n) is 4.98. The number of urea groups is 1. The van der Waals surface area contributed by atoms with Crippen molar-refractivity contribution in [2.45, 2.75) is 25.8 Å². The molecule has 1 aromatic rings. The highest BCUT2D eigenvalue weighted by Crippen LogP contribution is 2.11. The van der Waals surface area contributed by atoms with Crippen molar-refractivity contribution in [3.05, 3.63) is 39.9 Å². The van der Waals surface area contributed by atoms with Crippen LogP contribution in [0.1, 0.15) is 19.4 Å². The number of hydrogen-bond acceptors (Lipinski definition) is 4. The number of non-ortho nitro benzene ring substituents is 1. The average molecular weight is 295 g/mol. The summed E-state index contributed by atoms with van der Waals surface area (Å²) in [6.45, 7) is 3.05. The van der Waals surface area contributed by atoms with Gasteiger partial charge in [-0.15, -0.1) is 0 Å². The topological polar surface area (TPSA) is 122 Å². The SMILES string of the molecule is CC(C)(NC(=O)NCCc1ccc([N+](=O)[O-])cc1)C(=O)O. The second-order valence-corrected chi connectivity index (χ2v) is 4.98. The van der Waals surface area contributed by atoms with Gasteiger partial charge in [0.05, 0.1) is 4.92 Å². The van der Waals surface area contributed by atoms with Gasteiger partial charge in [0.2, 0.25) is 0 Å². The van der Waals surface area contributed by atoms with Crippen LogP contribution in [0.3, 0.4) is 0 Å². The molecule has 8 nitrogen and oxygen atoms in total. The minimum absolute atomic E-state index is 0.00709. The Hall–Kier alpha value is -2.64. The predicted octanol–water partition coefficient (Wildman–Crippen LogP) is 1.30. The molecule has 2 amide bonds. The number of nitrogens with zero attached hydrogens (tertiary/aromatic N) is 1.